The van der Waals surface area contributed by atoms with Gasteiger partial charge in [-0.3, -0.25) is 0 Å². The smallest absolute Gasteiger partial charge is 0.170 e. The van der Waals surface area contributed by atoms with Gasteiger partial charge in [-0.15, -0.1) is 0 Å². The summed E-state index contributed by atoms with van der Waals surface area (Å²) >= 11 is 5.36. The van der Waals surface area contributed by atoms with Crippen molar-refractivity contribution in [3.05, 3.63) is 29.8 Å². The van der Waals surface area contributed by atoms with Crippen molar-refractivity contribution in [1.29, 1.82) is 0 Å². The van der Waals surface area contributed by atoms with E-state index in [0.29, 0.717) is 0 Å². The zero-order chi connectivity index (χ0) is 15.8. The molecule has 0 aliphatic carbocycles. The van der Waals surface area contributed by atoms with E-state index in [2.05, 4.69) is 48.7 Å². The third-order valence-corrected chi connectivity index (χ3v) is 4.91. The van der Waals surface area contributed by atoms with Gasteiger partial charge in [0.05, 0.1) is 19.1 Å². The lowest BCUT2D eigenvalue weighted by atomic mass is 10.0. The van der Waals surface area contributed by atoms with Crippen LogP contribution in [0.2, 0.25) is 0 Å². The number of piperidine rings is 1. The van der Waals surface area contributed by atoms with Gasteiger partial charge in [0, 0.05) is 18.7 Å². The zero-order valence-electron chi connectivity index (χ0n) is 14.0. The first-order chi connectivity index (χ1) is 10.7. The second-order valence-corrected chi connectivity index (χ2v) is 6.75. The first-order valence-corrected chi connectivity index (χ1v) is 9.08. The van der Waals surface area contributed by atoms with Crippen LogP contribution in [0.3, 0.4) is 0 Å². The molecule has 1 unspecified atom stereocenters. The molecule has 22 heavy (non-hydrogen) atoms. The molecule has 0 aromatic heterocycles. The SMILES string of the molecule is CCc1ccc(NC(=S)NCCC[NH+]2CCCC[C@H]2C)cc1. The molecule has 1 fully saturated rings. The Hall–Kier alpha value is -1.13. The number of thiocarbonyl (C=S) groups is 1. The average Bonchev–Trinajstić information content (AvgIpc) is 2.54. The molecule has 1 aliphatic rings. The second kappa shape index (κ2) is 9.11. The summed E-state index contributed by atoms with van der Waals surface area (Å²) in [6, 6.07) is 9.30. The Bertz CT molecular complexity index is 458. The highest BCUT2D eigenvalue weighted by Crippen LogP contribution is 2.09. The zero-order valence-corrected chi connectivity index (χ0v) is 14.8. The van der Waals surface area contributed by atoms with E-state index in [1.165, 1.54) is 44.3 Å². The van der Waals surface area contributed by atoms with E-state index in [9.17, 15) is 0 Å². The van der Waals surface area contributed by atoms with Crippen LogP contribution in [0, 0.1) is 0 Å². The number of benzene rings is 1. The van der Waals surface area contributed by atoms with Crippen molar-refractivity contribution < 1.29 is 4.90 Å². The summed E-state index contributed by atoms with van der Waals surface area (Å²) in [5.74, 6) is 0. The summed E-state index contributed by atoms with van der Waals surface area (Å²) in [5, 5.41) is 7.30. The molecule has 0 bridgehead atoms. The molecule has 1 aliphatic heterocycles. The lowest BCUT2D eigenvalue weighted by Gasteiger charge is -2.30. The molecule has 1 heterocycles. The van der Waals surface area contributed by atoms with Gasteiger partial charge in [0.25, 0.3) is 0 Å². The molecule has 1 aromatic carbocycles. The molecule has 0 spiro atoms. The second-order valence-electron chi connectivity index (χ2n) is 6.34. The normalized spacial score (nSPS) is 21.4. The Balaban J connectivity index is 1.62. The summed E-state index contributed by atoms with van der Waals surface area (Å²) in [7, 11) is 0. The molecule has 1 aromatic rings. The summed E-state index contributed by atoms with van der Waals surface area (Å²) < 4.78 is 0. The van der Waals surface area contributed by atoms with E-state index < -0.39 is 0 Å². The summed E-state index contributed by atoms with van der Waals surface area (Å²) in [5.41, 5.74) is 2.41. The van der Waals surface area contributed by atoms with Crippen molar-refractivity contribution in [2.45, 2.75) is 52.0 Å². The quantitative estimate of drug-likeness (QED) is 0.555. The van der Waals surface area contributed by atoms with Crippen LogP contribution in [-0.2, 0) is 6.42 Å². The molecular formula is C18H30N3S+. The van der Waals surface area contributed by atoms with Crippen molar-refractivity contribution in [2.75, 3.05) is 25.0 Å². The predicted molar refractivity (Wildman–Crippen MR) is 98.7 cm³/mol. The molecule has 3 N–H and O–H groups in total. The molecule has 1 saturated heterocycles. The summed E-state index contributed by atoms with van der Waals surface area (Å²) in [6.45, 7) is 8.10. The Morgan fingerprint density at radius 2 is 2.05 bits per heavy atom. The number of quaternary nitrogens is 1. The van der Waals surface area contributed by atoms with Crippen LogP contribution in [0.4, 0.5) is 5.69 Å². The molecule has 2 atom stereocenters. The standard InChI is InChI=1S/C18H29N3S/c1-3-16-8-10-17(11-9-16)20-18(22)19-12-6-14-21-13-5-4-7-15(21)2/h8-11,15H,3-7,12-14H2,1-2H3,(H2,19,20,22)/p+1/t15-/m1/s1. The van der Waals surface area contributed by atoms with Gasteiger partial charge in [-0.2, -0.15) is 0 Å². The van der Waals surface area contributed by atoms with Crippen molar-refractivity contribution in [3.8, 4) is 0 Å². The fraction of sp³-hybridized carbons (Fsp3) is 0.611. The Labute approximate surface area is 140 Å². The Morgan fingerprint density at radius 3 is 2.73 bits per heavy atom. The van der Waals surface area contributed by atoms with Crippen LogP contribution in [0.15, 0.2) is 24.3 Å². The van der Waals surface area contributed by atoms with E-state index in [1.54, 1.807) is 4.90 Å². The van der Waals surface area contributed by atoms with Gasteiger partial charge in [-0.1, -0.05) is 19.1 Å². The fourth-order valence-electron chi connectivity index (χ4n) is 3.14. The maximum Gasteiger partial charge on any atom is 0.170 e. The van der Waals surface area contributed by atoms with Gasteiger partial charge in [0.15, 0.2) is 5.11 Å². The van der Waals surface area contributed by atoms with Crippen molar-refractivity contribution >= 4 is 23.0 Å². The van der Waals surface area contributed by atoms with E-state index in [0.717, 1.165) is 29.8 Å². The predicted octanol–water partition coefficient (Wildman–Crippen LogP) is 2.38. The fourth-order valence-corrected chi connectivity index (χ4v) is 3.36. The highest BCUT2D eigenvalue weighted by molar-refractivity contribution is 7.80. The van der Waals surface area contributed by atoms with Crippen LogP contribution in [0.5, 0.6) is 0 Å². The largest absolute Gasteiger partial charge is 0.362 e. The topological polar surface area (TPSA) is 28.5 Å². The van der Waals surface area contributed by atoms with Crippen LogP contribution in [0.25, 0.3) is 0 Å². The molecule has 0 radical (unpaired) electrons. The number of likely N-dealkylation sites (tertiary alicyclic amines) is 1. The molecule has 0 amide bonds. The van der Waals surface area contributed by atoms with Crippen LogP contribution >= 0.6 is 12.2 Å². The van der Waals surface area contributed by atoms with Crippen molar-refractivity contribution in [2.24, 2.45) is 0 Å². The first kappa shape index (κ1) is 17.2. The Kier molecular flexibility index (Phi) is 7.13. The van der Waals surface area contributed by atoms with Gasteiger partial charge in [-0.05, 0) is 62.5 Å². The number of hydrogen-bond acceptors (Lipinski definition) is 1. The van der Waals surface area contributed by atoms with E-state index >= 15 is 0 Å². The van der Waals surface area contributed by atoms with Gasteiger partial charge < -0.3 is 15.5 Å². The van der Waals surface area contributed by atoms with E-state index in [4.69, 9.17) is 12.2 Å². The number of anilines is 1. The van der Waals surface area contributed by atoms with Crippen LogP contribution < -0.4 is 15.5 Å². The highest BCUT2D eigenvalue weighted by Gasteiger charge is 2.20. The molecule has 122 valence electrons. The van der Waals surface area contributed by atoms with Crippen LogP contribution in [-0.4, -0.2) is 30.8 Å². The number of aryl methyl sites for hydroxylation is 1. The number of rotatable bonds is 6. The van der Waals surface area contributed by atoms with E-state index in [1.807, 2.05) is 0 Å². The lowest BCUT2D eigenvalue weighted by molar-refractivity contribution is -0.928. The minimum Gasteiger partial charge on any atom is -0.362 e. The highest BCUT2D eigenvalue weighted by atomic mass is 32.1. The average molecular weight is 321 g/mol. The molecule has 4 heteroatoms. The third-order valence-electron chi connectivity index (χ3n) is 4.66. The van der Waals surface area contributed by atoms with Gasteiger partial charge >= 0.3 is 0 Å². The maximum absolute atomic E-state index is 5.36. The molecule has 3 nitrogen and oxygen atoms in total. The van der Waals surface area contributed by atoms with Crippen molar-refractivity contribution in [1.82, 2.24) is 5.32 Å². The third kappa shape index (κ3) is 5.58. The van der Waals surface area contributed by atoms with Gasteiger partial charge in [0.2, 0.25) is 0 Å². The first-order valence-electron chi connectivity index (χ1n) is 8.67. The summed E-state index contributed by atoms with van der Waals surface area (Å²) in [4.78, 5) is 1.77. The lowest BCUT2D eigenvalue weighted by Crippen LogP contribution is -3.16. The van der Waals surface area contributed by atoms with Crippen LogP contribution in [0.1, 0.15) is 45.1 Å². The molecular weight excluding hydrogens is 290 g/mol. The molecule has 2 rings (SSSR count). The van der Waals surface area contributed by atoms with Gasteiger partial charge in [-0.25, -0.2) is 0 Å². The Morgan fingerprint density at radius 1 is 1.27 bits per heavy atom. The minimum absolute atomic E-state index is 0.728. The number of hydrogen-bond donors (Lipinski definition) is 3. The number of nitrogens with one attached hydrogen (secondary N) is 3. The van der Waals surface area contributed by atoms with E-state index in [-0.39, 0.29) is 0 Å². The molecule has 0 saturated carbocycles. The monoisotopic (exact) mass is 320 g/mol. The maximum atomic E-state index is 5.36. The summed E-state index contributed by atoms with van der Waals surface area (Å²) in [6.07, 6.45) is 6.43. The minimum atomic E-state index is 0.728. The van der Waals surface area contributed by atoms with Gasteiger partial charge in [0.1, 0.15) is 0 Å². The van der Waals surface area contributed by atoms with Crippen molar-refractivity contribution in [3.63, 3.8) is 0 Å².